The Morgan fingerprint density at radius 1 is 1.71 bits per heavy atom. The van der Waals surface area contributed by atoms with Crippen LogP contribution >= 0.6 is 0 Å². The van der Waals surface area contributed by atoms with Gasteiger partial charge < -0.3 is 5.11 Å². The zero-order valence-electron chi connectivity index (χ0n) is 3.72. The van der Waals surface area contributed by atoms with E-state index in [1.807, 2.05) is 0 Å². The Morgan fingerprint density at radius 3 is 2.86 bits per heavy atom. The molecule has 0 aromatic heterocycles. The van der Waals surface area contributed by atoms with E-state index in [2.05, 4.69) is 5.73 Å². The Balaban J connectivity index is 2.77. The Kier molecular flexibility index (Phi) is 0.928. The lowest BCUT2D eigenvalue weighted by Crippen LogP contribution is -2.02. The molecule has 0 bridgehead atoms. The monoisotopic (exact) mass is 92.0 g/mol. The summed E-state index contributed by atoms with van der Waals surface area (Å²) in [7, 11) is 0. The maximum Gasteiger partial charge on any atom is 0.102 e. The van der Waals surface area contributed by atoms with Gasteiger partial charge >= 0.3 is 0 Å². The normalized spacial score (nSPS) is 15.7. The van der Waals surface area contributed by atoms with E-state index in [1.54, 1.807) is 12.2 Å². The van der Waals surface area contributed by atoms with Crippen molar-refractivity contribution in [2.75, 3.05) is 0 Å². The molecule has 0 heterocycles. The molecule has 0 N–H and O–H groups in total. The topological polar surface area (TPSA) is 23.1 Å². The molecule has 0 radical (unpaired) electrons. The van der Waals surface area contributed by atoms with Gasteiger partial charge in [-0.05, 0) is 0 Å². The van der Waals surface area contributed by atoms with Crippen LogP contribution in [0.1, 0.15) is 0 Å². The van der Waals surface area contributed by atoms with Crippen LogP contribution < -0.4 is 5.11 Å². The smallest absolute Gasteiger partial charge is 0.102 e. The Hall–Kier alpha value is -1.07. The highest BCUT2D eigenvalue weighted by Crippen LogP contribution is 1.94. The molecule has 1 aliphatic rings. The number of allylic oxidation sites excluding steroid dienone is 2. The Labute approximate surface area is 42.3 Å². The van der Waals surface area contributed by atoms with Crippen molar-refractivity contribution in [3.8, 4) is 0 Å². The number of hydrogen-bond donors (Lipinski definition) is 0. The van der Waals surface area contributed by atoms with E-state index in [0.29, 0.717) is 0 Å². The van der Waals surface area contributed by atoms with Gasteiger partial charge in [-0.15, -0.1) is 0 Å². The average Bonchev–Trinajstić information content (AvgIpc) is 1.69. The molecule has 0 saturated heterocycles. The summed E-state index contributed by atoms with van der Waals surface area (Å²) >= 11 is 0. The van der Waals surface area contributed by atoms with Crippen molar-refractivity contribution in [2.45, 2.75) is 0 Å². The lowest BCUT2D eigenvalue weighted by molar-refractivity contribution is -0.297. The second-order valence-corrected chi connectivity index (χ2v) is 1.24. The van der Waals surface area contributed by atoms with Gasteiger partial charge in [-0.2, -0.15) is 0 Å². The molecule has 0 spiro atoms. The van der Waals surface area contributed by atoms with Gasteiger partial charge in [-0.1, -0.05) is 0 Å². The van der Waals surface area contributed by atoms with Crippen LogP contribution in [-0.4, -0.2) is 0 Å². The summed E-state index contributed by atoms with van der Waals surface area (Å²) in [5.41, 5.74) is 2.73. The van der Waals surface area contributed by atoms with Crippen LogP contribution in [0.5, 0.6) is 0 Å². The summed E-state index contributed by atoms with van der Waals surface area (Å²) in [6, 6.07) is 0. The molecule has 7 heavy (non-hydrogen) atoms. The van der Waals surface area contributed by atoms with E-state index < -0.39 is 0 Å². The number of rotatable bonds is 0. The molecule has 1 heteroatoms. The second-order valence-electron chi connectivity index (χ2n) is 1.24. The molecule has 0 atom stereocenters. The summed E-state index contributed by atoms with van der Waals surface area (Å²) in [6.07, 6.45) is 6.14. The fourth-order valence-electron chi connectivity index (χ4n) is 0.372. The molecule has 0 fully saturated rings. The van der Waals surface area contributed by atoms with Crippen molar-refractivity contribution in [3.05, 3.63) is 36.1 Å². The van der Waals surface area contributed by atoms with Gasteiger partial charge in [0, 0.05) is 24.0 Å². The zero-order chi connectivity index (χ0) is 5.11. The minimum atomic E-state index is 0.0405. The summed E-state index contributed by atoms with van der Waals surface area (Å²) < 4.78 is 0. The maximum atomic E-state index is 10.2. The lowest BCUT2D eigenvalue weighted by atomic mass is 10.2. The van der Waals surface area contributed by atoms with Crippen molar-refractivity contribution < 1.29 is 5.11 Å². The van der Waals surface area contributed by atoms with Crippen LogP contribution in [-0.2, 0) is 0 Å². The van der Waals surface area contributed by atoms with Gasteiger partial charge in [-0.25, -0.2) is 0 Å². The molecule has 1 rings (SSSR count). The molecule has 34 valence electrons. The Morgan fingerprint density at radius 2 is 2.57 bits per heavy atom. The molecule has 0 aromatic carbocycles. The third kappa shape index (κ3) is 0.881. The van der Waals surface area contributed by atoms with Crippen molar-refractivity contribution in [1.29, 1.82) is 0 Å². The predicted octanol–water partition coefficient (Wildman–Crippen LogP) is 0.160. The fraction of sp³-hybridized carbons (Fsp3) is 0. The van der Waals surface area contributed by atoms with Gasteiger partial charge in [0.25, 0.3) is 0 Å². The van der Waals surface area contributed by atoms with Gasteiger partial charge in [0.05, 0.1) is 0 Å². The van der Waals surface area contributed by atoms with E-state index in [4.69, 9.17) is 0 Å². The first-order chi connectivity index (χ1) is 3.39. The van der Waals surface area contributed by atoms with E-state index in [0.717, 1.165) is 0 Å². The average molecular weight is 92.1 g/mol. The standard InChI is InChI=1S/C6H4O/c7-6-4-2-1-3-5-6/h2-5H. The zero-order valence-corrected chi connectivity index (χ0v) is 3.72. The number of hydrogen-bond acceptors (Lipinski definition) is 1. The summed E-state index contributed by atoms with van der Waals surface area (Å²) in [4.78, 5) is 0. The summed E-state index contributed by atoms with van der Waals surface area (Å²) in [5.74, 6) is 0.0405. The molecule has 0 aliphatic heterocycles. The summed E-state index contributed by atoms with van der Waals surface area (Å²) in [5, 5.41) is 10.2. The van der Waals surface area contributed by atoms with E-state index in [-0.39, 0.29) is 5.76 Å². The van der Waals surface area contributed by atoms with E-state index >= 15 is 0 Å². The summed E-state index contributed by atoms with van der Waals surface area (Å²) in [6.45, 7) is 0. The largest absolute Gasteiger partial charge is 0.852 e. The highest BCUT2D eigenvalue weighted by molar-refractivity contribution is 5.23. The third-order valence-corrected chi connectivity index (χ3v) is 0.688. The first-order valence-corrected chi connectivity index (χ1v) is 2.03. The van der Waals surface area contributed by atoms with Crippen LogP contribution in [0.3, 0.4) is 0 Å². The van der Waals surface area contributed by atoms with Crippen LogP contribution in [0.15, 0.2) is 29.7 Å². The van der Waals surface area contributed by atoms with Crippen molar-refractivity contribution in [1.82, 2.24) is 0 Å². The van der Waals surface area contributed by atoms with Crippen LogP contribution in [0.2, 0.25) is 0 Å². The molecule has 0 saturated carbocycles. The highest BCUT2D eigenvalue weighted by Gasteiger charge is 1.87. The van der Waals surface area contributed by atoms with E-state index in [1.165, 1.54) is 12.5 Å². The highest BCUT2D eigenvalue weighted by atomic mass is 16.3. The third-order valence-electron chi connectivity index (χ3n) is 0.688. The quantitative estimate of drug-likeness (QED) is 0.308. The minimum absolute atomic E-state index is 0.0405. The molecule has 1 aliphatic carbocycles. The first kappa shape index (κ1) is 4.10. The maximum absolute atomic E-state index is 10.2. The molecule has 0 aromatic rings. The van der Waals surface area contributed by atoms with E-state index in [9.17, 15) is 5.11 Å². The predicted molar refractivity (Wildman–Crippen MR) is 25.0 cm³/mol. The first-order valence-electron chi connectivity index (χ1n) is 2.03. The molecule has 0 amide bonds. The fourth-order valence-corrected chi connectivity index (χ4v) is 0.372. The van der Waals surface area contributed by atoms with Gasteiger partial charge in [0.15, 0.2) is 0 Å². The molecule has 1 nitrogen and oxygen atoms in total. The molecular weight excluding hydrogens is 88.1 g/mol. The van der Waals surface area contributed by atoms with Crippen molar-refractivity contribution >= 4 is 0 Å². The Bertz CT molecular complexity index is 148. The SMILES string of the molecule is [O-]C1=CC=C=C[CH+]1. The van der Waals surface area contributed by atoms with Crippen molar-refractivity contribution in [3.63, 3.8) is 0 Å². The lowest BCUT2D eigenvalue weighted by Gasteiger charge is -1.97. The van der Waals surface area contributed by atoms with Crippen LogP contribution in [0.4, 0.5) is 0 Å². The van der Waals surface area contributed by atoms with Crippen LogP contribution in [0, 0.1) is 6.42 Å². The van der Waals surface area contributed by atoms with Crippen molar-refractivity contribution in [2.24, 2.45) is 0 Å². The second kappa shape index (κ2) is 1.59. The van der Waals surface area contributed by atoms with Gasteiger partial charge in [0.2, 0.25) is 0 Å². The van der Waals surface area contributed by atoms with Gasteiger partial charge in [-0.3, -0.25) is 0 Å². The minimum Gasteiger partial charge on any atom is -0.852 e. The molecular formula is C6H4O. The van der Waals surface area contributed by atoms with Gasteiger partial charge in [0.1, 0.15) is 12.2 Å². The molecule has 0 unspecified atom stereocenters. The van der Waals surface area contributed by atoms with Crippen LogP contribution in [0.25, 0.3) is 0 Å².